The van der Waals surface area contributed by atoms with Gasteiger partial charge in [-0.25, -0.2) is 0 Å². The summed E-state index contributed by atoms with van der Waals surface area (Å²) in [6.45, 7) is 0. The summed E-state index contributed by atoms with van der Waals surface area (Å²) in [6.07, 6.45) is 0. The molecular weight excluding hydrogens is 511 g/mol. The number of halogens is 3. The summed E-state index contributed by atoms with van der Waals surface area (Å²) in [6, 6.07) is 30.9. The van der Waals surface area contributed by atoms with Gasteiger partial charge in [-0.1, -0.05) is 77.8 Å². The van der Waals surface area contributed by atoms with E-state index < -0.39 is 0 Å². The van der Waals surface area contributed by atoms with E-state index in [0.29, 0.717) is 10.0 Å². The van der Waals surface area contributed by atoms with Gasteiger partial charge in [-0.15, -0.1) is 17.0 Å². The van der Waals surface area contributed by atoms with Gasteiger partial charge in [-0.2, -0.15) is 0 Å². The molecule has 0 fully saturated rings. The van der Waals surface area contributed by atoms with Crippen molar-refractivity contribution in [1.82, 2.24) is 0 Å². The van der Waals surface area contributed by atoms with Crippen molar-refractivity contribution in [1.29, 1.82) is 0 Å². The van der Waals surface area contributed by atoms with Crippen molar-refractivity contribution < 1.29 is 0 Å². The van der Waals surface area contributed by atoms with Crippen LogP contribution in [0.2, 0.25) is 10.0 Å². The van der Waals surface area contributed by atoms with Crippen molar-refractivity contribution in [3.63, 3.8) is 0 Å². The second kappa shape index (κ2) is 6.61. The smallest absolute Gasteiger partial charge is 0.0671 e. The number of hydrogen-bond acceptors (Lipinski definition) is 0. The topological polar surface area (TPSA) is 0 Å². The number of benzene rings is 8. The standard InChI is InChI=1S/C30H14Cl2.BrH/c31-25-10-9-21-23-13-19-7-5-16-11-15-3-1-2-4-20(15)22-12-18-8-6-17(14-24(21)30(25)32)27(23)29(18)28(19)26(16)22;/h1-14H;1H. The molecule has 8 aromatic rings. The van der Waals surface area contributed by atoms with Crippen molar-refractivity contribution in [2.45, 2.75) is 0 Å². The molecule has 156 valence electrons. The molecule has 0 spiro atoms. The maximum atomic E-state index is 6.64. The molecule has 0 N–H and O–H groups in total. The van der Waals surface area contributed by atoms with Crippen molar-refractivity contribution in [2.24, 2.45) is 0 Å². The van der Waals surface area contributed by atoms with E-state index in [0.717, 1.165) is 10.8 Å². The molecule has 0 aliphatic heterocycles. The van der Waals surface area contributed by atoms with E-state index in [-0.39, 0.29) is 17.0 Å². The van der Waals surface area contributed by atoms with E-state index in [1.54, 1.807) is 0 Å². The van der Waals surface area contributed by atoms with Crippen LogP contribution in [0, 0.1) is 0 Å². The van der Waals surface area contributed by atoms with Gasteiger partial charge in [0.15, 0.2) is 0 Å². The normalized spacial score (nSPS) is 12.3. The predicted octanol–water partition coefficient (Wildman–Crippen LogP) is 10.5. The molecule has 0 nitrogen and oxygen atoms in total. The Hall–Kier alpha value is -2.84. The lowest BCUT2D eigenvalue weighted by molar-refractivity contribution is 1.79. The van der Waals surface area contributed by atoms with Crippen LogP contribution in [0.1, 0.15) is 0 Å². The van der Waals surface area contributed by atoms with Crippen LogP contribution in [-0.4, -0.2) is 0 Å². The molecule has 0 saturated carbocycles. The molecule has 8 aromatic carbocycles. The van der Waals surface area contributed by atoms with E-state index >= 15 is 0 Å². The van der Waals surface area contributed by atoms with Gasteiger partial charge < -0.3 is 0 Å². The lowest BCUT2D eigenvalue weighted by Crippen LogP contribution is -1.91. The molecule has 0 radical (unpaired) electrons. The highest BCUT2D eigenvalue weighted by molar-refractivity contribution is 8.93. The molecule has 0 heterocycles. The van der Waals surface area contributed by atoms with Gasteiger partial charge >= 0.3 is 0 Å². The Bertz CT molecular complexity index is 2060. The summed E-state index contributed by atoms with van der Waals surface area (Å²) < 4.78 is 0. The maximum absolute atomic E-state index is 6.64. The first kappa shape index (κ1) is 19.6. The predicted molar refractivity (Wildman–Crippen MR) is 152 cm³/mol. The van der Waals surface area contributed by atoms with Gasteiger partial charge in [0.25, 0.3) is 0 Å². The molecule has 3 heteroatoms. The summed E-state index contributed by atoms with van der Waals surface area (Å²) in [5, 5.41) is 18.9. The lowest BCUT2D eigenvalue weighted by Gasteiger charge is -2.19. The van der Waals surface area contributed by atoms with Crippen molar-refractivity contribution in [2.75, 3.05) is 0 Å². The van der Waals surface area contributed by atoms with Gasteiger partial charge in [-0.3, -0.25) is 0 Å². The Morgan fingerprint density at radius 2 is 0.939 bits per heavy atom. The number of rotatable bonds is 0. The fourth-order valence-corrected chi connectivity index (χ4v) is 6.27. The fraction of sp³-hybridized carbons (Fsp3) is 0. The van der Waals surface area contributed by atoms with E-state index in [1.165, 1.54) is 64.6 Å². The molecule has 0 unspecified atom stereocenters. The second-order valence-electron chi connectivity index (χ2n) is 8.80. The first-order chi connectivity index (χ1) is 15.7. The SMILES string of the molecule is Br.Clc1ccc2c(cc3ccc4cc5c6ccccc6cc6ccc7cc2c3c4c7c65)c1Cl. The molecular formula is C30H15BrCl2. The zero-order valence-electron chi connectivity index (χ0n) is 17.2. The van der Waals surface area contributed by atoms with Crippen LogP contribution < -0.4 is 0 Å². The Morgan fingerprint density at radius 3 is 1.64 bits per heavy atom. The molecule has 0 amide bonds. The first-order valence-corrected chi connectivity index (χ1v) is 11.5. The maximum Gasteiger partial charge on any atom is 0.0671 e. The van der Waals surface area contributed by atoms with Gasteiger partial charge in [0.05, 0.1) is 10.0 Å². The summed E-state index contributed by atoms with van der Waals surface area (Å²) in [4.78, 5) is 0. The summed E-state index contributed by atoms with van der Waals surface area (Å²) in [5.74, 6) is 0. The van der Waals surface area contributed by atoms with Crippen LogP contribution in [0.5, 0.6) is 0 Å². The Kier molecular flexibility index (Phi) is 3.93. The van der Waals surface area contributed by atoms with Gasteiger partial charge in [-0.05, 0) is 100 Å². The third-order valence-electron chi connectivity index (χ3n) is 7.21. The zero-order valence-corrected chi connectivity index (χ0v) is 20.5. The average Bonchev–Trinajstić information content (AvgIpc) is 2.83. The lowest BCUT2D eigenvalue weighted by atomic mass is 9.84. The number of fused-ring (bicyclic) bond motifs is 4. The van der Waals surface area contributed by atoms with Crippen LogP contribution in [0.25, 0.3) is 75.4 Å². The van der Waals surface area contributed by atoms with E-state index in [2.05, 4.69) is 78.9 Å². The van der Waals surface area contributed by atoms with Gasteiger partial charge in [0, 0.05) is 5.39 Å². The molecule has 0 atom stereocenters. The minimum Gasteiger partial charge on any atom is -0.114 e. The molecule has 33 heavy (non-hydrogen) atoms. The minimum atomic E-state index is 0. The van der Waals surface area contributed by atoms with Crippen LogP contribution in [0.15, 0.2) is 84.9 Å². The molecule has 8 rings (SSSR count). The fourth-order valence-electron chi connectivity index (χ4n) is 5.88. The van der Waals surface area contributed by atoms with Crippen LogP contribution in [0.4, 0.5) is 0 Å². The van der Waals surface area contributed by atoms with Gasteiger partial charge in [0.1, 0.15) is 0 Å². The third kappa shape index (κ3) is 2.38. The molecule has 0 aromatic heterocycles. The summed E-state index contributed by atoms with van der Waals surface area (Å²) in [5.41, 5.74) is 0. The van der Waals surface area contributed by atoms with E-state index in [4.69, 9.17) is 23.2 Å². The highest BCUT2D eigenvalue weighted by Gasteiger charge is 2.19. The second-order valence-corrected chi connectivity index (χ2v) is 9.59. The first-order valence-electron chi connectivity index (χ1n) is 10.7. The van der Waals surface area contributed by atoms with E-state index in [1.807, 2.05) is 6.07 Å². The van der Waals surface area contributed by atoms with Crippen molar-refractivity contribution in [3.05, 3.63) is 95.0 Å². The quantitative estimate of drug-likeness (QED) is 0.136. The third-order valence-corrected chi connectivity index (χ3v) is 8.03. The number of hydrogen-bond donors (Lipinski definition) is 0. The Labute approximate surface area is 209 Å². The largest absolute Gasteiger partial charge is 0.114 e. The monoisotopic (exact) mass is 524 g/mol. The van der Waals surface area contributed by atoms with Crippen LogP contribution >= 0.6 is 40.2 Å². The molecule has 0 aliphatic rings. The molecule has 0 bridgehead atoms. The summed E-state index contributed by atoms with van der Waals surface area (Å²) >= 11 is 13.0. The highest BCUT2D eigenvalue weighted by atomic mass is 79.9. The van der Waals surface area contributed by atoms with E-state index in [9.17, 15) is 0 Å². The van der Waals surface area contributed by atoms with Crippen LogP contribution in [-0.2, 0) is 0 Å². The summed E-state index contributed by atoms with van der Waals surface area (Å²) in [7, 11) is 0. The Morgan fingerprint density at radius 1 is 0.394 bits per heavy atom. The molecule has 0 aliphatic carbocycles. The van der Waals surface area contributed by atoms with Crippen LogP contribution in [0.3, 0.4) is 0 Å². The Balaban J connectivity index is 0.00000190. The highest BCUT2D eigenvalue weighted by Crippen LogP contribution is 2.47. The van der Waals surface area contributed by atoms with Gasteiger partial charge in [0.2, 0.25) is 0 Å². The van der Waals surface area contributed by atoms with Crippen molar-refractivity contribution in [3.8, 4) is 0 Å². The molecule has 0 saturated heterocycles. The average molecular weight is 526 g/mol. The minimum absolute atomic E-state index is 0. The van der Waals surface area contributed by atoms with Crippen molar-refractivity contribution >= 4 is 116 Å². The zero-order chi connectivity index (χ0) is 21.1.